The van der Waals surface area contributed by atoms with E-state index < -0.39 is 11.9 Å². The molecule has 1 aliphatic heterocycles. The number of hydrogen-bond acceptors (Lipinski definition) is 7. The van der Waals surface area contributed by atoms with Gasteiger partial charge < -0.3 is 24.4 Å². The SMILES string of the molecule is COC(O)c1ncc(N2CCN(C(=O)OC(C)(C)C)CC2)s1. The molecule has 1 amide bonds. The van der Waals surface area contributed by atoms with Gasteiger partial charge in [-0.2, -0.15) is 0 Å². The summed E-state index contributed by atoms with van der Waals surface area (Å²) in [5, 5.41) is 11.1. The zero-order valence-corrected chi connectivity index (χ0v) is 14.2. The maximum Gasteiger partial charge on any atom is 0.410 e. The lowest BCUT2D eigenvalue weighted by Crippen LogP contribution is -2.49. The molecule has 1 aromatic rings. The number of aliphatic hydroxyl groups is 1. The summed E-state index contributed by atoms with van der Waals surface area (Å²) in [4.78, 5) is 20.0. The molecule has 1 atom stereocenters. The molecule has 0 aliphatic carbocycles. The van der Waals surface area contributed by atoms with Gasteiger partial charge in [0.1, 0.15) is 10.6 Å². The van der Waals surface area contributed by atoms with E-state index in [0.29, 0.717) is 31.2 Å². The lowest BCUT2D eigenvalue weighted by molar-refractivity contribution is -0.0770. The summed E-state index contributed by atoms with van der Waals surface area (Å²) in [7, 11) is 1.44. The van der Waals surface area contributed by atoms with Gasteiger partial charge in [0.25, 0.3) is 0 Å². The Kier molecular flexibility index (Phi) is 5.25. The first-order valence-corrected chi connectivity index (χ1v) is 8.01. The minimum absolute atomic E-state index is 0.271. The molecular weight excluding hydrogens is 306 g/mol. The molecular formula is C14H23N3O4S. The van der Waals surface area contributed by atoms with E-state index in [-0.39, 0.29) is 6.09 Å². The molecule has 0 bridgehead atoms. The van der Waals surface area contributed by atoms with E-state index >= 15 is 0 Å². The predicted octanol–water partition coefficient (Wildman–Crippen LogP) is 1.84. The fraction of sp³-hybridized carbons (Fsp3) is 0.714. The minimum atomic E-state index is -0.984. The minimum Gasteiger partial charge on any atom is -0.444 e. The number of carbonyl (C=O) groups is 1. The number of hydrogen-bond donors (Lipinski definition) is 1. The number of piperazine rings is 1. The fourth-order valence-corrected chi connectivity index (χ4v) is 3.01. The largest absolute Gasteiger partial charge is 0.444 e. The molecule has 7 nitrogen and oxygen atoms in total. The molecule has 0 aromatic carbocycles. The average molecular weight is 329 g/mol. The van der Waals surface area contributed by atoms with Crippen molar-refractivity contribution in [2.75, 3.05) is 38.2 Å². The standard InChI is InChI=1S/C14H23N3O4S/c1-14(2,3)21-13(19)17-7-5-16(6-8-17)10-9-15-11(22-10)12(18)20-4/h9,12,18H,5-8H2,1-4H3. The Morgan fingerprint density at radius 1 is 1.36 bits per heavy atom. The summed E-state index contributed by atoms with van der Waals surface area (Å²) in [6.45, 7) is 8.22. The zero-order chi connectivity index (χ0) is 16.3. The van der Waals surface area contributed by atoms with Crippen LogP contribution in [0.3, 0.4) is 0 Å². The Balaban J connectivity index is 1.89. The highest BCUT2D eigenvalue weighted by Crippen LogP contribution is 2.28. The molecule has 1 aromatic heterocycles. The van der Waals surface area contributed by atoms with Gasteiger partial charge in [0.2, 0.25) is 6.29 Å². The van der Waals surface area contributed by atoms with Crippen molar-refractivity contribution in [3.8, 4) is 0 Å². The van der Waals surface area contributed by atoms with E-state index in [1.54, 1.807) is 11.1 Å². The van der Waals surface area contributed by atoms with Gasteiger partial charge in [0.15, 0.2) is 5.01 Å². The quantitative estimate of drug-likeness (QED) is 0.853. The predicted molar refractivity (Wildman–Crippen MR) is 84.1 cm³/mol. The highest BCUT2D eigenvalue weighted by Gasteiger charge is 2.26. The smallest absolute Gasteiger partial charge is 0.410 e. The van der Waals surface area contributed by atoms with Gasteiger partial charge in [-0.05, 0) is 20.8 Å². The summed E-state index contributed by atoms with van der Waals surface area (Å²) in [5.41, 5.74) is -0.475. The van der Waals surface area contributed by atoms with Gasteiger partial charge in [-0.15, -0.1) is 0 Å². The Morgan fingerprint density at radius 2 is 2.00 bits per heavy atom. The first kappa shape index (κ1) is 17.0. The molecule has 1 unspecified atom stereocenters. The fourth-order valence-electron chi connectivity index (χ4n) is 2.08. The van der Waals surface area contributed by atoms with Crippen molar-refractivity contribution in [2.24, 2.45) is 0 Å². The zero-order valence-electron chi connectivity index (χ0n) is 13.4. The summed E-state index contributed by atoms with van der Waals surface area (Å²) in [5.74, 6) is 0. The van der Waals surface area contributed by atoms with Crippen LogP contribution in [0.4, 0.5) is 9.80 Å². The van der Waals surface area contributed by atoms with Crippen molar-refractivity contribution >= 4 is 22.4 Å². The van der Waals surface area contributed by atoms with Crippen LogP contribution in [0.5, 0.6) is 0 Å². The number of anilines is 1. The van der Waals surface area contributed by atoms with Crippen molar-refractivity contribution < 1.29 is 19.4 Å². The number of nitrogens with zero attached hydrogens (tertiary/aromatic N) is 3. The highest BCUT2D eigenvalue weighted by atomic mass is 32.1. The first-order valence-electron chi connectivity index (χ1n) is 7.19. The second-order valence-electron chi connectivity index (χ2n) is 6.08. The molecule has 0 radical (unpaired) electrons. The molecule has 1 saturated heterocycles. The molecule has 2 rings (SSSR count). The topological polar surface area (TPSA) is 75.1 Å². The number of ether oxygens (including phenoxy) is 2. The number of thiazole rings is 1. The van der Waals surface area contributed by atoms with E-state index in [1.807, 2.05) is 20.8 Å². The number of rotatable bonds is 3. The van der Waals surface area contributed by atoms with E-state index in [0.717, 1.165) is 5.00 Å². The van der Waals surface area contributed by atoms with Crippen LogP contribution in [-0.4, -0.2) is 60.0 Å². The van der Waals surface area contributed by atoms with Crippen LogP contribution in [-0.2, 0) is 9.47 Å². The Labute approximate surface area is 134 Å². The summed E-state index contributed by atoms with van der Waals surface area (Å²) in [6.07, 6.45) is 0.472. The van der Waals surface area contributed by atoms with Crippen molar-refractivity contribution in [2.45, 2.75) is 32.7 Å². The van der Waals surface area contributed by atoms with E-state index in [1.165, 1.54) is 18.4 Å². The number of carbonyl (C=O) groups excluding carboxylic acids is 1. The number of amides is 1. The maximum absolute atomic E-state index is 12.0. The van der Waals surface area contributed by atoms with Crippen molar-refractivity contribution in [1.82, 2.24) is 9.88 Å². The molecule has 0 saturated carbocycles. The van der Waals surface area contributed by atoms with E-state index in [9.17, 15) is 9.90 Å². The third-order valence-electron chi connectivity index (χ3n) is 3.19. The van der Waals surface area contributed by atoms with E-state index in [4.69, 9.17) is 9.47 Å². The van der Waals surface area contributed by atoms with Crippen LogP contribution in [0.1, 0.15) is 32.1 Å². The molecule has 22 heavy (non-hydrogen) atoms. The molecule has 2 heterocycles. The summed E-state index contributed by atoms with van der Waals surface area (Å²) in [6, 6.07) is 0. The van der Waals surface area contributed by atoms with Gasteiger partial charge in [0.05, 0.1) is 6.20 Å². The molecule has 1 fully saturated rings. The lowest BCUT2D eigenvalue weighted by Gasteiger charge is -2.35. The second-order valence-corrected chi connectivity index (χ2v) is 7.12. The summed E-state index contributed by atoms with van der Waals surface area (Å²) < 4.78 is 10.2. The van der Waals surface area contributed by atoms with Gasteiger partial charge in [-0.3, -0.25) is 0 Å². The maximum atomic E-state index is 12.0. The van der Waals surface area contributed by atoms with Crippen LogP contribution < -0.4 is 4.90 Å². The van der Waals surface area contributed by atoms with Crippen molar-refractivity contribution in [3.05, 3.63) is 11.2 Å². The van der Waals surface area contributed by atoms with Gasteiger partial charge in [-0.25, -0.2) is 9.78 Å². The normalized spacial score (nSPS) is 17.5. The molecule has 0 spiro atoms. The van der Waals surface area contributed by atoms with Crippen LogP contribution in [0.25, 0.3) is 0 Å². The number of aromatic nitrogens is 1. The summed E-state index contributed by atoms with van der Waals surface area (Å²) >= 11 is 1.40. The van der Waals surface area contributed by atoms with Crippen molar-refractivity contribution in [3.63, 3.8) is 0 Å². The van der Waals surface area contributed by atoms with Crippen LogP contribution in [0.15, 0.2) is 6.20 Å². The van der Waals surface area contributed by atoms with Crippen LogP contribution in [0, 0.1) is 0 Å². The third kappa shape index (κ3) is 4.31. The molecule has 1 N–H and O–H groups in total. The van der Waals surface area contributed by atoms with Gasteiger partial charge in [-0.1, -0.05) is 11.3 Å². The molecule has 8 heteroatoms. The Hall–Kier alpha value is -1.38. The van der Waals surface area contributed by atoms with Crippen molar-refractivity contribution in [1.29, 1.82) is 0 Å². The lowest BCUT2D eigenvalue weighted by atomic mass is 10.2. The van der Waals surface area contributed by atoms with Crippen LogP contribution in [0.2, 0.25) is 0 Å². The third-order valence-corrected chi connectivity index (χ3v) is 4.28. The van der Waals surface area contributed by atoms with E-state index in [2.05, 4.69) is 9.88 Å². The average Bonchev–Trinajstić information content (AvgIpc) is 2.94. The monoisotopic (exact) mass is 329 g/mol. The molecule has 124 valence electrons. The number of methoxy groups -OCH3 is 1. The first-order chi connectivity index (χ1) is 10.3. The van der Waals surface area contributed by atoms with Gasteiger partial charge >= 0.3 is 6.09 Å². The van der Waals surface area contributed by atoms with Gasteiger partial charge in [0, 0.05) is 33.3 Å². The second kappa shape index (κ2) is 6.80. The number of aliphatic hydroxyl groups excluding tert-OH is 1. The van der Waals surface area contributed by atoms with Crippen LogP contribution >= 0.6 is 11.3 Å². The Bertz CT molecular complexity index is 506. The Morgan fingerprint density at radius 3 is 2.55 bits per heavy atom. The molecule has 1 aliphatic rings. The highest BCUT2D eigenvalue weighted by molar-refractivity contribution is 7.15.